The summed E-state index contributed by atoms with van der Waals surface area (Å²) in [6, 6.07) is 37.1. The maximum absolute atomic E-state index is 15.7. The van der Waals surface area contributed by atoms with Crippen molar-refractivity contribution in [3.63, 3.8) is 0 Å². The number of aromatic nitrogens is 3. The minimum absolute atomic E-state index is 0.0629. The number of nitrogens with one attached hydrogen (secondary N) is 1. The van der Waals surface area contributed by atoms with Crippen LogP contribution >= 0.6 is 0 Å². The molecule has 1 heterocycles. The second-order valence-electron chi connectivity index (χ2n) is 10.3. The van der Waals surface area contributed by atoms with Crippen LogP contribution in [0, 0.1) is 5.41 Å². The van der Waals surface area contributed by atoms with Crippen LogP contribution in [0.25, 0.3) is 45.3 Å². The molecule has 6 aromatic rings. The Morgan fingerprint density at radius 2 is 1.05 bits per heavy atom. The first kappa shape index (κ1) is 27.0. The number of nitrogens with zero attached hydrogens (tertiary/aromatic N) is 3. The topological polar surface area (TPSA) is 97.3 Å². The van der Waals surface area contributed by atoms with Crippen molar-refractivity contribution in [2.75, 3.05) is 0 Å². The van der Waals surface area contributed by atoms with E-state index in [4.69, 9.17) is 30.5 Å². The summed E-state index contributed by atoms with van der Waals surface area (Å²) in [6.07, 6.45) is 0. The van der Waals surface area contributed by atoms with Gasteiger partial charge in [-0.3, -0.25) is 5.41 Å². The summed E-state index contributed by atoms with van der Waals surface area (Å²) in [4.78, 5) is 14.2. The molecular formula is C36H24F2N5O+. The Kier molecular flexibility index (Phi) is 6.59. The highest BCUT2D eigenvalue weighted by atomic mass is 19.3. The van der Waals surface area contributed by atoms with Crippen molar-refractivity contribution in [1.29, 1.82) is 5.41 Å². The number of fused-ring (bicyclic) bond motifs is 3. The molecule has 0 radical (unpaired) electrons. The molecule has 0 amide bonds. The summed E-state index contributed by atoms with van der Waals surface area (Å²) in [6.45, 7) is 0. The van der Waals surface area contributed by atoms with Crippen LogP contribution in [0.5, 0.6) is 0 Å². The molecule has 44 heavy (non-hydrogen) atoms. The fourth-order valence-corrected chi connectivity index (χ4v) is 5.27. The molecule has 7 rings (SSSR count). The van der Waals surface area contributed by atoms with Crippen molar-refractivity contribution in [2.45, 2.75) is 5.92 Å². The number of benzene rings is 5. The van der Waals surface area contributed by atoms with E-state index in [0.29, 0.717) is 45.3 Å². The number of alkyl halides is 2. The Morgan fingerprint density at radius 1 is 0.568 bits per heavy atom. The lowest BCUT2D eigenvalue weighted by molar-refractivity contribution is -0.130. The first-order valence-electron chi connectivity index (χ1n) is 13.9. The summed E-state index contributed by atoms with van der Waals surface area (Å²) in [7, 11) is 0. The molecule has 0 spiro atoms. The highest BCUT2D eigenvalue weighted by Crippen LogP contribution is 2.52. The lowest BCUT2D eigenvalue weighted by Crippen LogP contribution is -2.43. The molecule has 6 nitrogen and oxygen atoms in total. The highest BCUT2D eigenvalue weighted by Gasteiger charge is 2.44. The Bertz CT molecular complexity index is 1990. The first-order chi connectivity index (χ1) is 21.4. The van der Waals surface area contributed by atoms with Crippen molar-refractivity contribution < 1.29 is 18.9 Å². The van der Waals surface area contributed by atoms with E-state index in [2.05, 4.69) is 0 Å². The minimum atomic E-state index is -3.21. The van der Waals surface area contributed by atoms with E-state index in [1.807, 2.05) is 66.7 Å². The maximum atomic E-state index is 15.7. The van der Waals surface area contributed by atoms with Gasteiger partial charge in [-0.15, -0.1) is 0 Å². The second kappa shape index (κ2) is 10.7. The zero-order valence-electron chi connectivity index (χ0n) is 23.2. The van der Waals surface area contributed by atoms with Crippen molar-refractivity contribution in [3.8, 4) is 45.3 Å². The van der Waals surface area contributed by atoms with Gasteiger partial charge in [-0.25, -0.2) is 20.4 Å². The van der Waals surface area contributed by atoms with Crippen LogP contribution in [0.2, 0.25) is 0 Å². The number of rotatable bonds is 5. The molecule has 0 aliphatic heterocycles. The van der Waals surface area contributed by atoms with Crippen LogP contribution in [-0.2, 0) is 10.7 Å². The van der Waals surface area contributed by atoms with Gasteiger partial charge in [-0.2, -0.15) is 8.78 Å². The molecule has 0 fully saturated rings. The number of hydrogen-bond acceptors (Lipinski definition) is 5. The van der Waals surface area contributed by atoms with E-state index in [1.165, 1.54) is 18.2 Å². The fourth-order valence-electron chi connectivity index (χ4n) is 5.27. The van der Waals surface area contributed by atoms with Crippen molar-refractivity contribution >= 4 is 11.8 Å². The third-order valence-electron chi connectivity index (χ3n) is 7.50. The van der Waals surface area contributed by atoms with Gasteiger partial charge >= 0.3 is 5.90 Å². The van der Waals surface area contributed by atoms with Gasteiger partial charge in [0.25, 0.3) is 5.92 Å². The zero-order valence-corrected chi connectivity index (χ0v) is 23.2. The van der Waals surface area contributed by atoms with Gasteiger partial charge in [0, 0.05) is 33.4 Å². The average molecular weight is 581 g/mol. The summed E-state index contributed by atoms with van der Waals surface area (Å²) in [5, 5.41) is 14.5. The summed E-state index contributed by atoms with van der Waals surface area (Å²) in [5.74, 6) is -2.11. The number of halogens is 2. The van der Waals surface area contributed by atoms with E-state index in [1.54, 1.807) is 42.5 Å². The molecule has 0 unspecified atom stereocenters. The van der Waals surface area contributed by atoms with E-state index >= 15 is 8.78 Å². The molecule has 0 atom stereocenters. The van der Waals surface area contributed by atoms with Crippen LogP contribution in [0.3, 0.4) is 0 Å². The Labute approximate surface area is 251 Å². The van der Waals surface area contributed by atoms with Crippen molar-refractivity contribution in [3.05, 3.63) is 150 Å². The van der Waals surface area contributed by atoms with Crippen molar-refractivity contribution in [2.24, 2.45) is 0 Å². The van der Waals surface area contributed by atoms with Gasteiger partial charge in [0.05, 0.1) is 5.56 Å². The van der Waals surface area contributed by atoms with Gasteiger partial charge in [0.15, 0.2) is 17.5 Å². The van der Waals surface area contributed by atoms with Crippen LogP contribution in [-0.4, -0.2) is 26.7 Å². The predicted molar refractivity (Wildman–Crippen MR) is 165 cm³/mol. The van der Waals surface area contributed by atoms with E-state index < -0.39 is 5.92 Å². The molecule has 0 bridgehead atoms. The van der Waals surface area contributed by atoms with Crippen LogP contribution in [0.1, 0.15) is 22.3 Å². The third-order valence-corrected chi connectivity index (χ3v) is 7.50. The average Bonchev–Trinajstić information content (AvgIpc) is 3.30. The number of ether oxygens (including phenoxy) is 1. The maximum Gasteiger partial charge on any atom is 0.373 e. The Morgan fingerprint density at radius 3 is 1.61 bits per heavy atom. The molecule has 1 aromatic heterocycles. The van der Waals surface area contributed by atoms with Gasteiger partial charge < -0.3 is 4.74 Å². The molecule has 0 saturated carbocycles. The SMILES string of the molecule is N=C(OC(=[NH2+])c1ccc2c(c1)-c1cc(-c3nc(-c4ccccc4)nc(-c4ccccc4)n3)ccc1C2(F)F)c1ccccc1. The Balaban J connectivity index is 1.30. The van der Waals surface area contributed by atoms with Gasteiger partial charge in [0.1, 0.15) is 0 Å². The van der Waals surface area contributed by atoms with Gasteiger partial charge in [-0.05, 0) is 41.5 Å². The molecule has 0 saturated heterocycles. The van der Waals surface area contributed by atoms with E-state index in [9.17, 15) is 0 Å². The van der Waals surface area contributed by atoms with Gasteiger partial charge in [-0.1, -0.05) is 97.1 Å². The van der Waals surface area contributed by atoms with Crippen LogP contribution < -0.4 is 5.41 Å². The van der Waals surface area contributed by atoms with Gasteiger partial charge in [0.2, 0.25) is 5.90 Å². The number of nitrogens with two attached hydrogens (primary N) is 1. The summed E-state index contributed by atoms with van der Waals surface area (Å²) >= 11 is 0. The summed E-state index contributed by atoms with van der Waals surface area (Å²) < 4.78 is 36.9. The number of hydrogen-bond donors (Lipinski definition) is 2. The molecule has 1 aliphatic carbocycles. The van der Waals surface area contributed by atoms with Crippen molar-refractivity contribution in [1.82, 2.24) is 15.0 Å². The molecule has 1 aliphatic rings. The molecule has 3 N–H and O–H groups in total. The lowest BCUT2D eigenvalue weighted by atomic mass is 10.0. The van der Waals surface area contributed by atoms with Crippen LogP contribution in [0.4, 0.5) is 8.78 Å². The van der Waals surface area contributed by atoms with E-state index in [-0.39, 0.29) is 22.9 Å². The Hall–Kier alpha value is -5.89. The fraction of sp³-hybridized carbons (Fsp3) is 0.0278. The highest BCUT2D eigenvalue weighted by molar-refractivity contribution is 6.04. The third kappa shape index (κ3) is 4.82. The van der Waals surface area contributed by atoms with E-state index in [0.717, 1.165) is 11.1 Å². The zero-order chi connectivity index (χ0) is 30.3. The normalized spacial score (nSPS) is 12.7. The molecule has 8 heteroatoms. The molecule has 5 aromatic carbocycles. The first-order valence-corrected chi connectivity index (χ1v) is 13.9. The summed E-state index contributed by atoms with van der Waals surface area (Å²) in [5.41, 5.74) is 3.52. The second-order valence-corrected chi connectivity index (χ2v) is 10.3. The predicted octanol–water partition coefficient (Wildman–Crippen LogP) is 6.54. The van der Waals surface area contributed by atoms with Crippen LogP contribution in [0.15, 0.2) is 127 Å². The lowest BCUT2D eigenvalue weighted by Gasteiger charge is -2.13. The monoisotopic (exact) mass is 580 g/mol. The standard InChI is InChI=1S/C36H23F2N5O/c37-36(38)29-18-16-25(32(40)44-31(39)22-10-4-1-5-11-22)20-27(29)28-21-26(17-19-30(28)36)35-42-33(23-12-6-2-7-13-23)41-34(43-35)24-14-8-3-9-15-24/h1-21,39-40H/p+1. The minimum Gasteiger partial charge on any atom is -0.386 e. The largest absolute Gasteiger partial charge is 0.386 e. The quantitative estimate of drug-likeness (QED) is 0.179. The molecule has 212 valence electrons. The smallest absolute Gasteiger partial charge is 0.373 e. The molecular weight excluding hydrogens is 556 g/mol.